The normalized spacial score (nSPS) is 10.9. The average molecular weight is 781 g/mol. The Labute approximate surface area is 263 Å². The fourth-order valence-corrected chi connectivity index (χ4v) is 3.99. The summed E-state index contributed by atoms with van der Waals surface area (Å²) in [5, 5.41) is 0. The second kappa shape index (κ2) is 31.0. The molecule has 0 aromatic heterocycles. The highest BCUT2D eigenvalue weighted by Gasteiger charge is 2.24. The molecule has 0 radical (unpaired) electrons. The lowest BCUT2D eigenvalue weighted by atomic mass is 10.1. The summed E-state index contributed by atoms with van der Waals surface area (Å²) in [6.07, 6.45) is 11.1. The summed E-state index contributed by atoms with van der Waals surface area (Å²) in [4.78, 5) is 0. The quantitative estimate of drug-likeness (QED) is 0.129. The zero-order valence-corrected chi connectivity index (χ0v) is 31.7. The second-order valence-electron chi connectivity index (χ2n) is 10.9. The van der Waals surface area contributed by atoms with E-state index in [0.717, 1.165) is 4.48 Å². The molecule has 0 saturated carbocycles. The molecule has 0 heterocycles. The third kappa shape index (κ3) is 31.8. The molecule has 0 atom stereocenters. The Bertz CT molecular complexity index is 299. The lowest BCUT2D eigenvalue weighted by Gasteiger charge is -2.39. The molecule has 0 N–H and O–H groups in total. The van der Waals surface area contributed by atoms with Crippen LogP contribution < -0.4 is 64.9 Å². The number of nitrogens with zero attached hydrogens (tertiary/aromatic N) is 3. The number of rotatable bonds is 16. The van der Waals surface area contributed by atoms with Crippen molar-refractivity contribution in [3.63, 3.8) is 0 Å². The van der Waals surface area contributed by atoms with Crippen LogP contribution >= 0.6 is 0 Å². The standard InChI is InChI=1S/C16H36N.C8H20N.C4H12N.BrH.2HI/c1-5-9-13-17(14-10-6-2,15-11-7-3)16-12-8-4;1-5-9(6-2,7-3)8-4;1-5(2,3)4;;;/h5-16H2,1-4H3;5-8H2,1-4H3;1-4H3;3*1H/q3*+1;;;/p-3. The van der Waals surface area contributed by atoms with Gasteiger partial charge < -0.3 is 78.4 Å². The smallest absolute Gasteiger partial charge is 0.0786 e. The van der Waals surface area contributed by atoms with Gasteiger partial charge >= 0.3 is 0 Å². The van der Waals surface area contributed by atoms with Crippen LogP contribution in [0.25, 0.3) is 0 Å². The molecule has 216 valence electrons. The Hall–Kier alpha value is 1.82. The Morgan fingerprint density at radius 2 is 0.559 bits per heavy atom. The van der Waals surface area contributed by atoms with Crippen LogP contribution in [0.5, 0.6) is 0 Å². The Kier molecular flexibility index (Phi) is 44.6. The van der Waals surface area contributed by atoms with Gasteiger partial charge in [0.2, 0.25) is 0 Å². The van der Waals surface area contributed by atoms with Gasteiger partial charge in [0.15, 0.2) is 0 Å². The predicted molar refractivity (Wildman–Crippen MR) is 146 cm³/mol. The van der Waals surface area contributed by atoms with Crippen molar-refractivity contribution in [1.82, 2.24) is 0 Å². The van der Waals surface area contributed by atoms with Crippen molar-refractivity contribution in [2.45, 2.75) is 107 Å². The van der Waals surface area contributed by atoms with E-state index >= 15 is 0 Å². The fourth-order valence-electron chi connectivity index (χ4n) is 3.99. The molecule has 34 heavy (non-hydrogen) atoms. The molecule has 0 aliphatic heterocycles. The summed E-state index contributed by atoms with van der Waals surface area (Å²) in [7, 11) is 8.50. The topological polar surface area (TPSA) is 0 Å². The van der Waals surface area contributed by atoms with E-state index in [0.29, 0.717) is 0 Å². The van der Waals surface area contributed by atoms with Crippen LogP contribution in [0.4, 0.5) is 0 Å². The molecule has 0 unspecified atom stereocenters. The van der Waals surface area contributed by atoms with Gasteiger partial charge in [0.05, 0.1) is 80.5 Å². The number of quaternary nitrogens is 3. The van der Waals surface area contributed by atoms with Gasteiger partial charge in [-0.3, -0.25) is 0 Å². The van der Waals surface area contributed by atoms with Crippen LogP contribution in [-0.4, -0.2) is 94.0 Å². The van der Waals surface area contributed by atoms with Crippen LogP contribution in [0, 0.1) is 0 Å². The highest BCUT2D eigenvalue weighted by molar-refractivity contribution is 4.49. The van der Waals surface area contributed by atoms with Crippen LogP contribution in [0.1, 0.15) is 107 Å². The van der Waals surface area contributed by atoms with E-state index in [1.54, 1.807) is 0 Å². The number of halogens is 3. The molecular formula is C28H68BrI2N3. The largest absolute Gasteiger partial charge is 1.00 e. The minimum Gasteiger partial charge on any atom is -1.00 e. The lowest BCUT2D eigenvalue weighted by molar-refractivity contribution is -0.929. The second-order valence-corrected chi connectivity index (χ2v) is 10.9. The van der Waals surface area contributed by atoms with Gasteiger partial charge in [0.25, 0.3) is 0 Å². The van der Waals surface area contributed by atoms with Crippen molar-refractivity contribution in [3.8, 4) is 0 Å². The van der Waals surface area contributed by atoms with Gasteiger partial charge in [-0.1, -0.05) is 53.4 Å². The summed E-state index contributed by atoms with van der Waals surface area (Å²) in [5.41, 5.74) is 0. The first kappa shape index (κ1) is 48.8. The van der Waals surface area contributed by atoms with Crippen molar-refractivity contribution in [3.05, 3.63) is 0 Å². The first-order chi connectivity index (χ1) is 14.5. The summed E-state index contributed by atoms with van der Waals surface area (Å²) in [5.74, 6) is 0. The van der Waals surface area contributed by atoms with Crippen molar-refractivity contribution < 1.29 is 78.4 Å². The average Bonchev–Trinajstić information content (AvgIpc) is 2.74. The van der Waals surface area contributed by atoms with Gasteiger partial charge in [-0.05, 0) is 53.4 Å². The van der Waals surface area contributed by atoms with Gasteiger partial charge in [-0.15, -0.1) is 0 Å². The van der Waals surface area contributed by atoms with Gasteiger partial charge in [-0.25, -0.2) is 0 Å². The number of hydrogen-bond acceptors (Lipinski definition) is 0. The summed E-state index contributed by atoms with van der Waals surface area (Å²) in [6.45, 7) is 29.2. The summed E-state index contributed by atoms with van der Waals surface area (Å²) >= 11 is 0. The van der Waals surface area contributed by atoms with Gasteiger partial charge in [0.1, 0.15) is 0 Å². The molecule has 3 nitrogen and oxygen atoms in total. The van der Waals surface area contributed by atoms with Crippen LogP contribution in [0.15, 0.2) is 0 Å². The van der Waals surface area contributed by atoms with Crippen LogP contribution in [0.2, 0.25) is 0 Å². The van der Waals surface area contributed by atoms with E-state index in [9.17, 15) is 0 Å². The van der Waals surface area contributed by atoms with Crippen LogP contribution in [0.3, 0.4) is 0 Å². The Morgan fingerprint density at radius 1 is 0.382 bits per heavy atom. The molecule has 0 rings (SSSR count). The molecule has 0 amide bonds. The molecular weight excluding hydrogens is 712 g/mol. The Morgan fingerprint density at radius 3 is 0.647 bits per heavy atom. The first-order valence-electron chi connectivity index (χ1n) is 14.0. The zero-order chi connectivity index (χ0) is 24.8. The molecule has 0 saturated heterocycles. The third-order valence-corrected chi connectivity index (χ3v) is 6.63. The van der Waals surface area contributed by atoms with E-state index in [2.05, 4.69) is 83.6 Å². The van der Waals surface area contributed by atoms with E-state index in [4.69, 9.17) is 0 Å². The maximum atomic E-state index is 2.33. The zero-order valence-electron chi connectivity index (χ0n) is 25.8. The van der Waals surface area contributed by atoms with Crippen molar-refractivity contribution in [2.24, 2.45) is 0 Å². The molecule has 6 heteroatoms. The van der Waals surface area contributed by atoms with Crippen LogP contribution in [-0.2, 0) is 0 Å². The summed E-state index contributed by atoms with van der Waals surface area (Å²) < 4.78 is 3.70. The molecule has 0 spiro atoms. The monoisotopic (exact) mass is 779 g/mol. The van der Waals surface area contributed by atoms with E-state index in [-0.39, 0.29) is 64.9 Å². The summed E-state index contributed by atoms with van der Waals surface area (Å²) in [6, 6.07) is 0. The van der Waals surface area contributed by atoms with Crippen molar-refractivity contribution in [1.29, 1.82) is 0 Å². The minimum atomic E-state index is 0. The molecule has 0 aliphatic rings. The minimum absolute atomic E-state index is 0. The predicted octanol–water partition coefficient (Wildman–Crippen LogP) is -1.78. The van der Waals surface area contributed by atoms with E-state index in [1.807, 2.05) is 0 Å². The maximum absolute atomic E-state index is 2.33. The molecule has 0 aliphatic carbocycles. The molecule has 0 aromatic carbocycles. The maximum Gasteiger partial charge on any atom is 0.0786 e. The van der Waals surface area contributed by atoms with Crippen molar-refractivity contribution in [2.75, 3.05) is 80.5 Å². The first-order valence-corrected chi connectivity index (χ1v) is 14.0. The number of unbranched alkanes of at least 4 members (excludes halogenated alkanes) is 4. The molecule has 0 aromatic rings. The lowest BCUT2D eigenvalue weighted by Crippen LogP contribution is -3.00. The molecule has 0 fully saturated rings. The highest BCUT2D eigenvalue weighted by atomic mass is 127. The highest BCUT2D eigenvalue weighted by Crippen LogP contribution is 2.16. The molecule has 0 bridgehead atoms. The SMILES string of the molecule is CCCC[N+](CCCC)(CCCC)CCCC.CC[N+](CC)(CC)CC.C[N+](C)(C)C.[Br-].[I-].[I-]. The van der Waals surface area contributed by atoms with E-state index < -0.39 is 0 Å². The van der Waals surface area contributed by atoms with E-state index in [1.165, 1.54) is 113 Å². The third-order valence-electron chi connectivity index (χ3n) is 6.63. The number of hydrogen-bond donors (Lipinski definition) is 0. The fraction of sp³-hybridized carbons (Fsp3) is 1.00. The Balaban J connectivity index is -0.0000000979. The van der Waals surface area contributed by atoms with Crippen molar-refractivity contribution >= 4 is 0 Å². The van der Waals surface area contributed by atoms with Gasteiger partial charge in [-0.2, -0.15) is 0 Å². The van der Waals surface area contributed by atoms with Gasteiger partial charge in [0, 0.05) is 0 Å².